The van der Waals surface area contributed by atoms with Gasteiger partial charge in [0.15, 0.2) is 0 Å². The zero-order valence-corrected chi connectivity index (χ0v) is 13.5. The SMILES string of the molecule is CCOC(=O)c1ccc(S(=O)(=O)NCC[C@H]2CCCN2)cc1. The fraction of sp³-hybridized carbons (Fsp3) is 0.533. The Labute approximate surface area is 131 Å². The van der Waals surface area contributed by atoms with Gasteiger partial charge in [0.2, 0.25) is 10.0 Å². The summed E-state index contributed by atoms with van der Waals surface area (Å²) in [5.41, 5.74) is 0.343. The first kappa shape index (κ1) is 16.9. The lowest BCUT2D eigenvalue weighted by Gasteiger charge is -2.11. The molecule has 22 heavy (non-hydrogen) atoms. The zero-order chi connectivity index (χ0) is 16.0. The minimum absolute atomic E-state index is 0.153. The molecule has 1 aromatic carbocycles. The van der Waals surface area contributed by atoms with Gasteiger partial charge in [-0.15, -0.1) is 0 Å². The van der Waals surface area contributed by atoms with Crippen LogP contribution in [0.4, 0.5) is 0 Å². The quantitative estimate of drug-likeness (QED) is 0.738. The summed E-state index contributed by atoms with van der Waals surface area (Å²) in [6.07, 6.45) is 3.02. The van der Waals surface area contributed by atoms with Gasteiger partial charge in [-0.2, -0.15) is 0 Å². The summed E-state index contributed by atoms with van der Waals surface area (Å²) in [6, 6.07) is 6.16. The highest BCUT2D eigenvalue weighted by Crippen LogP contribution is 2.12. The summed E-state index contributed by atoms with van der Waals surface area (Å²) >= 11 is 0. The third kappa shape index (κ3) is 4.53. The third-order valence-electron chi connectivity index (χ3n) is 3.62. The second-order valence-corrected chi connectivity index (χ2v) is 6.99. The van der Waals surface area contributed by atoms with E-state index in [2.05, 4.69) is 10.0 Å². The summed E-state index contributed by atoms with van der Waals surface area (Å²) in [5, 5.41) is 3.33. The number of esters is 1. The third-order valence-corrected chi connectivity index (χ3v) is 5.10. The summed E-state index contributed by atoms with van der Waals surface area (Å²) in [7, 11) is -3.54. The Morgan fingerprint density at radius 3 is 2.68 bits per heavy atom. The van der Waals surface area contributed by atoms with Crippen molar-refractivity contribution in [2.24, 2.45) is 0 Å². The molecule has 0 amide bonds. The van der Waals surface area contributed by atoms with E-state index in [1.165, 1.54) is 24.3 Å². The van der Waals surface area contributed by atoms with Crippen LogP contribution in [-0.4, -0.2) is 40.1 Å². The number of hydrogen-bond acceptors (Lipinski definition) is 5. The average Bonchev–Trinajstić information content (AvgIpc) is 3.01. The number of carbonyl (C=O) groups is 1. The molecule has 6 nitrogen and oxygen atoms in total. The van der Waals surface area contributed by atoms with E-state index in [4.69, 9.17) is 4.74 Å². The van der Waals surface area contributed by atoms with Crippen LogP contribution >= 0.6 is 0 Å². The Kier molecular flexibility index (Phi) is 5.93. The smallest absolute Gasteiger partial charge is 0.338 e. The average molecular weight is 326 g/mol. The molecule has 0 bridgehead atoms. The number of carbonyl (C=O) groups excluding carboxylic acids is 1. The molecule has 0 saturated carbocycles. The van der Waals surface area contributed by atoms with E-state index in [1.807, 2.05) is 0 Å². The molecule has 0 aromatic heterocycles. The normalized spacial score (nSPS) is 18.3. The van der Waals surface area contributed by atoms with Crippen molar-refractivity contribution in [2.45, 2.75) is 37.1 Å². The maximum absolute atomic E-state index is 12.2. The van der Waals surface area contributed by atoms with Crippen LogP contribution in [0.25, 0.3) is 0 Å². The Morgan fingerprint density at radius 1 is 1.36 bits per heavy atom. The lowest BCUT2D eigenvalue weighted by atomic mass is 10.2. The summed E-state index contributed by atoms with van der Waals surface area (Å²) in [4.78, 5) is 11.7. The molecule has 2 N–H and O–H groups in total. The number of ether oxygens (including phenoxy) is 1. The van der Waals surface area contributed by atoms with Crippen molar-refractivity contribution < 1.29 is 17.9 Å². The zero-order valence-electron chi connectivity index (χ0n) is 12.7. The minimum Gasteiger partial charge on any atom is -0.462 e. The largest absolute Gasteiger partial charge is 0.462 e. The molecule has 1 aliphatic heterocycles. The molecule has 2 rings (SSSR count). The highest BCUT2D eigenvalue weighted by Gasteiger charge is 2.17. The van der Waals surface area contributed by atoms with Crippen LogP contribution < -0.4 is 10.0 Å². The van der Waals surface area contributed by atoms with Gasteiger partial charge >= 0.3 is 5.97 Å². The second kappa shape index (κ2) is 7.71. The van der Waals surface area contributed by atoms with Gasteiger partial charge in [0.1, 0.15) is 0 Å². The Morgan fingerprint density at radius 2 is 2.09 bits per heavy atom. The van der Waals surface area contributed by atoms with Crippen molar-refractivity contribution in [3.8, 4) is 0 Å². The van der Waals surface area contributed by atoms with E-state index in [-0.39, 0.29) is 11.5 Å². The first-order valence-electron chi connectivity index (χ1n) is 7.53. The molecule has 1 saturated heterocycles. The predicted molar refractivity (Wildman–Crippen MR) is 83.2 cm³/mol. The lowest BCUT2D eigenvalue weighted by Crippen LogP contribution is -2.30. The Hall–Kier alpha value is -1.44. The summed E-state index contributed by atoms with van der Waals surface area (Å²) in [6.45, 7) is 3.42. The monoisotopic (exact) mass is 326 g/mol. The maximum atomic E-state index is 12.2. The van der Waals surface area contributed by atoms with E-state index < -0.39 is 16.0 Å². The number of nitrogens with one attached hydrogen (secondary N) is 2. The number of benzene rings is 1. The van der Waals surface area contributed by atoms with Crippen LogP contribution in [0.3, 0.4) is 0 Å². The molecule has 122 valence electrons. The molecule has 1 atom stereocenters. The highest BCUT2D eigenvalue weighted by atomic mass is 32.2. The summed E-state index contributed by atoms with van der Waals surface area (Å²) < 4.78 is 31.8. The topological polar surface area (TPSA) is 84.5 Å². The molecule has 1 heterocycles. The van der Waals surface area contributed by atoms with Crippen LogP contribution in [0.2, 0.25) is 0 Å². The molecule has 0 unspecified atom stereocenters. The second-order valence-electron chi connectivity index (χ2n) is 5.22. The van der Waals surface area contributed by atoms with Crippen molar-refractivity contribution in [1.29, 1.82) is 0 Å². The first-order valence-corrected chi connectivity index (χ1v) is 9.01. The van der Waals surface area contributed by atoms with Crippen LogP contribution in [0.1, 0.15) is 36.5 Å². The van der Waals surface area contributed by atoms with Crippen LogP contribution in [0.5, 0.6) is 0 Å². The number of hydrogen-bond donors (Lipinski definition) is 2. The van der Waals surface area contributed by atoms with Crippen molar-refractivity contribution in [1.82, 2.24) is 10.0 Å². The molecule has 0 spiro atoms. The van der Waals surface area contributed by atoms with Gasteiger partial charge in [0.05, 0.1) is 17.1 Å². The summed E-state index contributed by atoms with van der Waals surface area (Å²) in [5.74, 6) is -0.452. The van der Waals surface area contributed by atoms with Crippen LogP contribution in [0, 0.1) is 0 Å². The van der Waals surface area contributed by atoms with Gasteiger partial charge in [-0.25, -0.2) is 17.9 Å². The van der Waals surface area contributed by atoms with Gasteiger partial charge < -0.3 is 10.1 Å². The number of rotatable bonds is 7. The molecule has 0 aliphatic carbocycles. The van der Waals surface area contributed by atoms with E-state index in [9.17, 15) is 13.2 Å². The van der Waals surface area contributed by atoms with Gasteiger partial charge in [-0.3, -0.25) is 0 Å². The Balaban J connectivity index is 1.92. The van der Waals surface area contributed by atoms with Gasteiger partial charge in [-0.1, -0.05) is 0 Å². The standard InChI is InChI=1S/C15H22N2O4S/c1-2-21-15(18)12-5-7-14(8-6-12)22(19,20)17-11-9-13-4-3-10-16-13/h5-8,13,16-17H,2-4,9-11H2,1H3/t13-/m1/s1. The fourth-order valence-corrected chi connectivity index (χ4v) is 3.49. The minimum atomic E-state index is -3.54. The molecule has 1 aromatic rings. The molecular formula is C15H22N2O4S. The van der Waals surface area contributed by atoms with Crippen molar-refractivity contribution >= 4 is 16.0 Å². The molecule has 1 fully saturated rings. The molecule has 7 heteroatoms. The van der Waals surface area contributed by atoms with Gasteiger partial charge in [-0.05, 0) is 57.0 Å². The van der Waals surface area contributed by atoms with E-state index in [0.29, 0.717) is 18.2 Å². The maximum Gasteiger partial charge on any atom is 0.338 e. The van der Waals surface area contributed by atoms with Crippen molar-refractivity contribution in [2.75, 3.05) is 19.7 Å². The van der Waals surface area contributed by atoms with Gasteiger partial charge in [0, 0.05) is 12.6 Å². The van der Waals surface area contributed by atoms with E-state index in [1.54, 1.807) is 6.92 Å². The molecule has 1 aliphatic rings. The number of sulfonamides is 1. The van der Waals surface area contributed by atoms with Gasteiger partial charge in [0.25, 0.3) is 0 Å². The molecular weight excluding hydrogens is 304 g/mol. The van der Waals surface area contributed by atoms with E-state index >= 15 is 0 Å². The fourth-order valence-electron chi connectivity index (χ4n) is 2.44. The van der Waals surface area contributed by atoms with Crippen LogP contribution in [-0.2, 0) is 14.8 Å². The molecule has 0 radical (unpaired) electrons. The predicted octanol–water partition coefficient (Wildman–Crippen LogP) is 1.28. The van der Waals surface area contributed by atoms with E-state index in [0.717, 1.165) is 25.8 Å². The van der Waals surface area contributed by atoms with Crippen molar-refractivity contribution in [3.05, 3.63) is 29.8 Å². The van der Waals surface area contributed by atoms with Crippen LogP contribution in [0.15, 0.2) is 29.2 Å². The lowest BCUT2D eigenvalue weighted by molar-refractivity contribution is 0.0526. The first-order chi connectivity index (χ1) is 10.5. The highest BCUT2D eigenvalue weighted by molar-refractivity contribution is 7.89. The Bertz CT molecular complexity index is 592. The van der Waals surface area contributed by atoms with Crippen molar-refractivity contribution in [3.63, 3.8) is 0 Å².